The largest absolute Gasteiger partial charge is 0.480 e. The predicted octanol–water partition coefficient (Wildman–Crippen LogP) is -0.287. The molecule has 0 saturated heterocycles. The number of carbonyl (C=O) groups excluding carboxylic acids is 1. The van der Waals surface area contributed by atoms with Crippen LogP contribution in [0.4, 0.5) is 0 Å². The van der Waals surface area contributed by atoms with E-state index in [1.54, 1.807) is 0 Å². The van der Waals surface area contributed by atoms with Crippen molar-refractivity contribution in [3.63, 3.8) is 0 Å². The Labute approximate surface area is 90.2 Å². The van der Waals surface area contributed by atoms with Crippen molar-refractivity contribution in [1.82, 2.24) is 0 Å². The molecule has 0 aliphatic carbocycles. The first-order valence-electron chi connectivity index (χ1n) is 3.99. The van der Waals surface area contributed by atoms with Crippen LogP contribution in [-0.2, 0) is 9.59 Å². The lowest BCUT2D eigenvalue weighted by Gasteiger charge is -2.26. The first kappa shape index (κ1) is 13.8. The molecule has 0 aromatic rings. The summed E-state index contributed by atoms with van der Waals surface area (Å²) in [7, 11) is 0. The number of nitrogens with zero attached hydrogens (tertiary/aromatic N) is 1. The van der Waals surface area contributed by atoms with Gasteiger partial charge in [-0.15, -0.1) is 0 Å². The molecule has 0 aliphatic heterocycles. The van der Waals surface area contributed by atoms with Crippen LogP contribution < -0.4 is 5.73 Å². The lowest BCUT2D eigenvalue weighted by Crippen LogP contribution is -2.47. The number of hydrogen-bond acceptors (Lipinski definition) is 6. The third kappa shape index (κ3) is 4.75. The zero-order valence-corrected chi connectivity index (χ0v) is 9.11. The summed E-state index contributed by atoms with van der Waals surface area (Å²) in [6, 6.07) is -1.25. The highest BCUT2D eigenvalue weighted by Gasteiger charge is 2.35. The fourth-order valence-corrected chi connectivity index (χ4v) is 1.78. The Kier molecular flexibility index (Phi) is 4.69. The van der Waals surface area contributed by atoms with Gasteiger partial charge in [-0.25, -0.2) is 0 Å². The third-order valence-electron chi connectivity index (χ3n) is 1.65. The van der Waals surface area contributed by atoms with Crippen LogP contribution >= 0.6 is 11.8 Å². The Bertz CT molecular complexity index is 291. The van der Waals surface area contributed by atoms with Crippen molar-refractivity contribution in [3.8, 4) is 0 Å². The van der Waals surface area contributed by atoms with Gasteiger partial charge in [0, 0.05) is 9.67 Å². The van der Waals surface area contributed by atoms with Gasteiger partial charge in [0.2, 0.25) is 0 Å². The summed E-state index contributed by atoms with van der Waals surface area (Å²) in [5.41, 5.74) is 5.33. The summed E-state index contributed by atoms with van der Waals surface area (Å²) in [6.07, 6.45) is 0. The van der Waals surface area contributed by atoms with E-state index in [-0.39, 0.29) is 0 Å². The summed E-state index contributed by atoms with van der Waals surface area (Å²) < 4.78 is -1.07. The third-order valence-corrected chi connectivity index (χ3v) is 2.79. The minimum Gasteiger partial charge on any atom is -0.480 e. The van der Waals surface area contributed by atoms with E-state index in [0.29, 0.717) is 11.8 Å². The van der Waals surface area contributed by atoms with Crippen LogP contribution in [0, 0.1) is 10.1 Å². The topological polar surface area (TPSA) is 124 Å². The zero-order valence-electron chi connectivity index (χ0n) is 8.30. The van der Waals surface area contributed by atoms with E-state index in [1.807, 2.05) is 0 Å². The second kappa shape index (κ2) is 5.08. The van der Waals surface area contributed by atoms with E-state index in [0.717, 1.165) is 0 Å². The van der Waals surface area contributed by atoms with Gasteiger partial charge in [-0.05, 0) is 13.8 Å². The van der Waals surface area contributed by atoms with Gasteiger partial charge < -0.3 is 10.8 Å². The van der Waals surface area contributed by atoms with Crippen LogP contribution in [0.15, 0.2) is 0 Å². The number of thioether (sulfide) groups is 1. The molecule has 0 fully saturated rings. The van der Waals surface area contributed by atoms with Crippen LogP contribution in [0.1, 0.15) is 13.8 Å². The maximum atomic E-state index is 11.1. The standard InChI is InChI=1S/C7H12N2O5S/c1-7(2,5(8)6(11)12)15-4(10)3-9(13)14/h5H,3,8H2,1-2H3,(H,11,12)/t5-/m1/s1. The number of nitrogens with two attached hydrogens (primary N) is 1. The minimum atomic E-state index is -1.25. The molecule has 86 valence electrons. The molecular formula is C7H12N2O5S. The van der Waals surface area contributed by atoms with Crippen molar-refractivity contribution in [2.24, 2.45) is 5.73 Å². The molecular weight excluding hydrogens is 224 g/mol. The van der Waals surface area contributed by atoms with E-state index < -0.39 is 33.3 Å². The van der Waals surface area contributed by atoms with E-state index in [9.17, 15) is 19.7 Å². The lowest BCUT2D eigenvalue weighted by molar-refractivity contribution is -0.466. The number of carbonyl (C=O) groups is 2. The zero-order chi connectivity index (χ0) is 12.2. The number of nitro groups is 1. The van der Waals surface area contributed by atoms with Crippen LogP contribution in [-0.4, -0.2) is 38.4 Å². The summed E-state index contributed by atoms with van der Waals surface area (Å²) in [6.45, 7) is 2.07. The van der Waals surface area contributed by atoms with E-state index in [4.69, 9.17) is 10.8 Å². The Morgan fingerprint density at radius 1 is 1.60 bits per heavy atom. The molecule has 1 atom stereocenters. The molecule has 0 rings (SSSR count). The Balaban J connectivity index is 4.43. The molecule has 0 aromatic heterocycles. The number of aliphatic carboxylic acids is 1. The molecule has 0 spiro atoms. The average Bonchev–Trinajstić information content (AvgIpc) is 1.99. The van der Waals surface area contributed by atoms with Gasteiger partial charge >= 0.3 is 5.97 Å². The molecule has 0 bridgehead atoms. The average molecular weight is 236 g/mol. The van der Waals surface area contributed by atoms with Gasteiger partial charge in [0.1, 0.15) is 6.04 Å². The molecule has 15 heavy (non-hydrogen) atoms. The molecule has 0 radical (unpaired) electrons. The summed E-state index contributed by atoms with van der Waals surface area (Å²) in [4.78, 5) is 30.9. The van der Waals surface area contributed by atoms with Crippen molar-refractivity contribution in [2.45, 2.75) is 24.6 Å². The Morgan fingerprint density at radius 3 is 2.40 bits per heavy atom. The van der Waals surface area contributed by atoms with Gasteiger partial charge in [0.25, 0.3) is 11.7 Å². The number of hydrogen-bond donors (Lipinski definition) is 2. The SMILES string of the molecule is CC(C)(SC(=O)C[N+](=O)[O-])[C@H](N)C(=O)O. The normalized spacial score (nSPS) is 13.3. The highest BCUT2D eigenvalue weighted by molar-refractivity contribution is 8.14. The Hall–Kier alpha value is -1.15. The molecule has 0 amide bonds. The number of rotatable bonds is 5. The highest BCUT2D eigenvalue weighted by Crippen LogP contribution is 2.28. The molecule has 8 heteroatoms. The quantitative estimate of drug-likeness (QED) is 0.496. The van der Waals surface area contributed by atoms with Gasteiger partial charge in [-0.2, -0.15) is 0 Å². The van der Waals surface area contributed by atoms with Gasteiger partial charge in [0.15, 0.2) is 0 Å². The van der Waals surface area contributed by atoms with Crippen molar-refractivity contribution >= 4 is 22.8 Å². The van der Waals surface area contributed by atoms with Gasteiger partial charge in [0.05, 0.1) is 0 Å². The smallest absolute Gasteiger partial charge is 0.321 e. The first-order chi connectivity index (χ1) is 6.66. The van der Waals surface area contributed by atoms with Gasteiger partial charge in [-0.1, -0.05) is 11.8 Å². The van der Waals surface area contributed by atoms with Gasteiger partial charge in [-0.3, -0.25) is 19.7 Å². The summed E-state index contributed by atoms with van der Waals surface area (Å²) >= 11 is 0.580. The highest BCUT2D eigenvalue weighted by atomic mass is 32.2. The fourth-order valence-electron chi connectivity index (χ4n) is 0.792. The molecule has 0 unspecified atom stereocenters. The van der Waals surface area contributed by atoms with Crippen LogP contribution in [0.25, 0.3) is 0 Å². The van der Waals surface area contributed by atoms with Crippen LogP contribution in [0.2, 0.25) is 0 Å². The van der Waals surface area contributed by atoms with E-state index in [2.05, 4.69) is 0 Å². The molecule has 0 aliphatic rings. The first-order valence-corrected chi connectivity index (χ1v) is 4.80. The van der Waals surface area contributed by atoms with Crippen LogP contribution in [0.3, 0.4) is 0 Å². The molecule has 0 aromatic carbocycles. The maximum absolute atomic E-state index is 11.1. The van der Waals surface area contributed by atoms with Crippen molar-refractivity contribution < 1.29 is 19.6 Å². The fraction of sp³-hybridized carbons (Fsp3) is 0.714. The second-order valence-corrected chi connectivity index (χ2v) is 5.10. The van der Waals surface area contributed by atoms with E-state index >= 15 is 0 Å². The summed E-state index contributed by atoms with van der Waals surface area (Å²) in [5.74, 6) is -1.25. The maximum Gasteiger partial charge on any atom is 0.321 e. The monoisotopic (exact) mass is 236 g/mol. The number of carboxylic acids is 1. The second-order valence-electron chi connectivity index (χ2n) is 3.38. The minimum absolute atomic E-state index is 0.580. The van der Waals surface area contributed by atoms with Crippen molar-refractivity contribution in [2.75, 3.05) is 6.54 Å². The van der Waals surface area contributed by atoms with Crippen molar-refractivity contribution in [3.05, 3.63) is 10.1 Å². The van der Waals surface area contributed by atoms with E-state index in [1.165, 1.54) is 13.8 Å². The summed E-state index contributed by atoms with van der Waals surface area (Å²) in [5, 5.41) is 17.9. The molecule has 0 saturated carbocycles. The van der Waals surface area contributed by atoms with Crippen LogP contribution in [0.5, 0.6) is 0 Å². The predicted molar refractivity (Wildman–Crippen MR) is 54.1 cm³/mol. The molecule has 7 nitrogen and oxygen atoms in total. The van der Waals surface area contributed by atoms with Crippen molar-refractivity contribution in [1.29, 1.82) is 0 Å². The molecule has 3 N–H and O–H groups in total. The number of carboxylic acid groups (broad SMARTS) is 1. The Morgan fingerprint density at radius 2 is 2.07 bits per heavy atom. The lowest BCUT2D eigenvalue weighted by atomic mass is 10.1. The molecule has 0 heterocycles.